The summed E-state index contributed by atoms with van der Waals surface area (Å²) in [5, 5.41) is 0. The molecule has 0 aliphatic rings. The molecule has 84 valence electrons. The fourth-order valence-electron chi connectivity index (χ4n) is 1.56. The molecule has 15 heavy (non-hydrogen) atoms. The number of hydrogen-bond acceptors (Lipinski definition) is 3. The number of anilines is 1. The van der Waals surface area contributed by atoms with E-state index in [0.717, 1.165) is 5.69 Å². The molecule has 1 heterocycles. The van der Waals surface area contributed by atoms with Crippen molar-refractivity contribution in [3.63, 3.8) is 0 Å². The van der Waals surface area contributed by atoms with E-state index in [1.165, 1.54) is 0 Å². The van der Waals surface area contributed by atoms with Gasteiger partial charge in [0.2, 0.25) is 0 Å². The molecule has 0 fully saturated rings. The van der Waals surface area contributed by atoms with Crippen molar-refractivity contribution in [2.75, 3.05) is 12.3 Å². The van der Waals surface area contributed by atoms with E-state index < -0.39 is 0 Å². The largest absolute Gasteiger partial charge is 0.462 e. The van der Waals surface area contributed by atoms with Gasteiger partial charge in [0.25, 0.3) is 0 Å². The van der Waals surface area contributed by atoms with Gasteiger partial charge in [-0.25, -0.2) is 4.79 Å². The van der Waals surface area contributed by atoms with Crippen LogP contribution in [0.3, 0.4) is 0 Å². The van der Waals surface area contributed by atoms with Gasteiger partial charge >= 0.3 is 5.97 Å². The number of rotatable bonds is 3. The molecule has 0 bridgehead atoms. The van der Waals surface area contributed by atoms with Gasteiger partial charge in [0.15, 0.2) is 0 Å². The van der Waals surface area contributed by atoms with E-state index in [2.05, 4.69) is 13.8 Å². The van der Waals surface area contributed by atoms with Crippen LogP contribution in [0, 0.1) is 0 Å². The number of nitrogen functional groups attached to an aromatic ring is 1. The molecule has 0 radical (unpaired) electrons. The second-order valence-electron chi connectivity index (χ2n) is 3.80. The maximum absolute atomic E-state index is 11.5. The number of ether oxygens (including phenoxy) is 1. The predicted molar refractivity (Wildman–Crippen MR) is 59.9 cm³/mol. The second-order valence-corrected chi connectivity index (χ2v) is 3.80. The van der Waals surface area contributed by atoms with E-state index >= 15 is 0 Å². The summed E-state index contributed by atoms with van der Waals surface area (Å²) in [4.78, 5) is 11.5. The Morgan fingerprint density at radius 1 is 1.60 bits per heavy atom. The zero-order valence-electron chi connectivity index (χ0n) is 9.70. The van der Waals surface area contributed by atoms with Gasteiger partial charge in [-0.1, -0.05) is 13.8 Å². The average molecular weight is 210 g/mol. The third kappa shape index (κ3) is 2.14. The zero-order valence-corrected chi connectivity index (χ0v) is 9.70. The molecule has 0 aromatic carbocycles. The number of nitrogens with two attached hydrogens (primary N) is 1. The van der Waals surface area contributed by atoms with Gasteiger partial charge in [0.1, 0.15) is 11.4 Å². The van der Waals surface area contributed by atoms with Crippen LogP contribution in [0.5, 0.6) is 0 Å². The highest BCUT2D eigenvalue weighted by Crippen LogP contribution is 2.23. The van der Waals surface area contributed by atoms with Crippen molar-refractivity contribution in [3.05, 3.63) is 17.3 Å². The first-order chi connectivity index (χ1) is 6.99. The van der Waals surface area contributed by atoms with Crippen molar-refractivity contribution >= 4 is 11.8 Å². The SMILES string of the molecule is CCOC(=O)c1cc(C(C)C)n(C)c1N. The fourth-order valence-corrected chi connectivity index (χ4v) is 1.56. The van der Waals surface area contributed by atoms with Crippen LogP contribution in [0.15, 0.2) is 6.07 Å². The normalized spacial score (nSPS) is 10.7. The Hall–Kier alpha value is -1.45. The zero-order chi connectivity index (χ0) is 11.6. The molecule has 4 nitrogen and oxygen atoms in total. The lowest BCUT2D eigenvalue weighted by atomic mass is 10.1. The Kier molecular flexibility index (Phi) is 3.39. The minimum absolute atomic E-state index is 0.334. The second kappa shape index (κ2) is 4.38. The van der Waals surface area contributed by atoms with Crippen molar-refractivity contribution < 1.29 is 9.53 Å². The van der Waals surface area contributed by atoms with Gasteiger partial charge in [0.05, 0.1) is 6.61 Å². The van der Waals surface area contributed by atoms with Gasteiger partial charge in [0, 0.05) is 12.7 Å². The third-order valence-electron chi connectivity index (χ3n) is 2.40. The molecule has 2 N–H and O–H groups in total. The summed E-state index contributed by atoms with van der Waals surface area (Å²) in [5.74, 6) is 0.454. The van der Waals surface area contributed by atoms with Crippen LogP contribution in [-0.4, -0.2) is 17.1 Å². The molecule has 0 aliphatic heterocycles. The minimum atomic E-state index is -0.350. The van der Waals surface area contributed by atoms with Crippen molar-refractivity contribution in [1.82, 2.24) is 4.57 Å². The van der Waals surface area contributed by atoms with Gasteiger partial charge in [-0.15, -0.1) is 0 Å². The molecule has 1 rings (SSSR count). The highest BCUT2D eigenvalue weighted by Gasteiger charge is 2.18. The van der Waals surface area contributed by atoms with Crippen molar-refractivity contribution in [3.8, 4) is 0 Å². The van der Waals surface area contributed by atoms with Crippen LogP contribution >= 0.6 is 0 Å². The van der Waals surface area contributed by atoms with Crippen molar-refractivity contribution in [1.29, 1.82) is 0 Å². The molecule has 0 saturated heterocycles. The quantitative estimate of drug-likeness (QED) is 0.775. The van der Waals surface area contributed by atoms with Crippen LogP contribution in [0.4, 0.5) is 5.82 Å². The molecule has 1 aromatic rings. The summed E-state index contributed by atoms with van der Waals surface area (Å²) >= 11 is 0. The molecule has 0 atom stereocenters. The van der Waals surface area contributed by atoms with E-state index in [0.29, 0.717) is 23.9 Å². The Labute approximate surface area is 90.0 Å². The molecule has 0 saturated carbocycles. The van der Waals surface area contributed by atoms with Crippen LogP contribution < -0.4 is 5.73 Å². The lowest BCUT2D eigenvalue weighted by Gasteiger charge is -2.07. The Bertz CT molecular complexity index is 367. The van der Waals surface area contributed by atoms with Crippen LogP contribution in [-0.2, 0) is 11.8 Å². The number of hydrogen-bond donors (Lipinski definition) is 1. The lowest BCUT2D eigenvalue weighted by molar-refractivity contribution is 0.0527. The van der Waals surface area contributed by atoms with Crippen molar-refractivity contribution in [2.24, 2.45) is 7.05 Å². The van der Waals surface area contributed by atoms with E-state index in [1.54, 1.807) is 13.0 Å². The summed E-state index contributed by atoms with van der Waals surface area (Å²) in [6, 6.07) is 1.80. The summed E-state index contributed by atoms with van der Waals surface area (Å²) in [6.45, 7) is 6.26. The van der Waals surface area contributed by atoms with E-state index in [1.807, 2.05) is 11.6 Å². The predicted octanol–water partition coefficient (Wildman–Crippen LogP) is 1.91. The number of nitrogens with zero attached hydrogens (tertiary/aromatic N) is 1. The van der Waals surface area contributed by atoms with E-state index in [-0.39, 0.29) is 5.97 Å². The Morgan fingerprint density at radius 2 is 2.20 bits per heavy atom. The van der Waals surface area contributed by atoms with Crippen LogP contribution in [0.2, 0.25) is 0 Å². The molecule has 0 spiro atoms. The molecule has 0 amide bonds. The number of carbonyl (C=O) groups excluding carboxylic acids is 1. The number of esters is 1. The molecule has 0 aliphatic carbocycles. The van der Waals surface area contributed by atoms with E-state index in [4.69, 9.17) is 10.5 Å². The van der Waals surface area contributed by atoms with Gasteiger partial charge in [-0.3, -0.25) is 0 Å². The third-order valence-corrected chi connectivity index (χ3v) is 2.40. The summed E-state index contributed by atoms with van der Waals surface area (Å²) in [7, 11) is 1.85. The highest BCUT2D eigenvalue weighted by molar-refractivity contribution is 5.94. The Morgan fingerprint density at radius 3 is 2.60 bits per heavy atom. The lowest BCUT2D eigenvalue weighted by Crippen LogP contribution is -2.08. The van der Waals surface area contributed by atoms with Crippen molar-refractivity contribution in [2.45, 2.75) is 26.7 Å². The van der Waals surface area contributed by atoms with Crippen LogP contribution in [0.1, 0.15) is 42.7 Å². The smallest absolute Gasteiger partial charge is 0.341 e. The fraction of sp³-hybridized carbons (Fsp3) is 0.545. The number of aromatic nitrogens is 1. The maximum Gasteiger partial charge on any atom is 0.341 e. The summed E-state index contributed by atoms with van der Waals surface area (Å²) in [5.41, 5.74) is 7.33. The standard InChI is InChI=1S/C11H18N2O2/c1-5-15-11(14)8-6-9(7(2)3)13(4)10(8)12/h6-7H,5,12H2,1-4H3. The van der Waals surface area contributed by atoms with Gasteiger partial charge < -0.3 is 15.0 Å². The molecule has 0 unspecified atom stereocenters. The molecular formula is C11H18N2O2. The summed E-state index contributed by atoms with van der Waals surface area (Å²) < 4.78 is 6.75. The van der Waals surface area contributed by atoms with Gasteiger partial charge in [-0.05, 0) is 18.9 Å². The van der Waals surface area contributed by atoms with Crippen LogP contribution in [0.25, 0.3) is 0 Å². The topological polar surface area (TPSA) is 57.2 Å². The minimum Gasteiger partial charge on any atom is -0.462 e. The number of carbonyl (C=O) groups is 1. The average Bonchev–Trinajstić information content (AvgIpc) is 2.45. The molecule has 1 aromatic heterocycles. The maximum atomic E-state index is 11.5. The monoisotopic (exact) mass is 210 g/mol. The molecule has 4 heteroatoms. The molecular weight excluding hydrogens is 192 g/mol. The first-order valence-electron chi connectivity index (χ1n) is 5.11. The summed E-state index contributed by atoms with van der Waals surface area (Å²) in [6.07, 6.45) is 0. The van der Waals surface area contributed by atoms with E-state index in [9.17, 15) is 4.79 Å². The highest BCUT2D eigenvalue weighted by atomic mass is 16.5. The van der Waals surface area contributed by atoms with Gasteiger partial charge in [-0.2, -0.15) is 0 Å². The first-order valence-corrected chi connectivity index (χ1v) is 5.11. The first kappa shape index (κ1) is 11.6. The Balaban J connectivity index is 3.10.